The van der Waals surface area contributed by atoms with Crippen LogP contribution in [0.1, 0.15) is 51.0 Å². The molecule has 0 unspecified atom stereocenters. The minimum atomic E-state index is 0.385. The predicted octanol–water partition coefficient (Wildman–Crippen LogP) is 4.24. The van der Waals surface area contributed by atoms with Crippen molar-refractivity contribution in [1.82, 2.24) is 4.90 Å². The molecule has 23 heavy (non-hydrogen) atoms. The Balaban J connectivity index is 1.67. The summed E-state index contributed by atoms with van der Waals surface area (Å²) < 4.78 is 11.0. The lowest BCUT2D eigenvalue weighted by molar-refractivity contribution is 0.220. The van der Waals surface area contributed by atoms with Crippen LogP contribution in [-0.4, -0.2) is 37.1 Å². The number of rotatable bonds is 9. The molecule has 0 aromatic heterocycles. The Kier molecular flexibility index (Phi) is 7.95. The van der Waals surface area contributed by atoms with Crippen molar-refractivity contribution in [3.8, 4) is 5.75 Å². The van der Waals surface area contributed by atoms with Crippen LogP contribution in [0.25, 0.3) is 0 Å². The van der Waals surface area contributed by atoms with Crippen LogP contribution in [0, 0.1) is 5.41 Å². The van der Waals surface area contributed by atoms with Crippen molar-refractivity contribution in [2.45, 2.75) is 52.0 Å². The maximum atomic E-state index is 7.57. The minimum Gasteiger partial charge on any atom is -0.494 e. The van der Waals surface area contributed by atoms with Crippen LogP contribution in [0.5, 0.6) is 5.75 Å². The van der Waals surface area contributed by atoms with Gasteiger partial charge in [-0.2, -0.15) is 0 Å². The molecule has 1 aromatic rings. The van der Waals surface area contributed by atoms with Crippen LogP contribution < -0.4 is 4.74 Å². The van der Waals surface area contributed by atoms with Gasteiger partial charge >= 0.3 is 0 Å². The van der Waals surface area contributed by atoms with Crippen LogP contribution in [0.2, 0.25) is 0 Å². The molecule has 1 N–H and O–H groups in total. The summed E-state index contributed by atoms with van der Waals surface area (Å²) >= 11 is 0. The maximum Gasteiger partial charge on any atom is 0.180 e. The number of hydrogen-bond donors (Lipinski definition) is 1. The van der Waals surface area contributed by atoms with E-state index in [0.717, 1.165) is 25.1 Å². The molecule has 0 saturated carbocycles. The highest BCUT2D eigenvalue weighted by atomic mass is 16.5. The second kappa shape index (κ2) is 10.3. The highest BCUT2D eigenvalue weighted by Gasteiger charge is 2.10. The number of benzene rings is 1. The lowest BCUT2D eigenvalue weighted by Gasteiger charge is -2.26. The van der Waals surface area contributed by atoms with Gasteiger partial charge in [-0.05, 0) is 63.4 Å². The first-order valence-electron chi connectivity index (χ1n) is 8.92. The highest BCUT2D eigenvalue weighted by molar-refractivity contribution is 5.72. The van der Waals surface area contributed by atoms with E-state index in [-0.39, 0.29) is 0 Å². The fourth-order valence-electron chi connectivity index (χ4n) is 2.93. The van der Waals surface area contributed by atoms with Gasteiger partial charge in [-0.15, -0.1) is 0 Å². The lowest BCUT2D eigenvalue weighted by atomic mass is 10.1. The first-order valence-corrected chi connectivity index (χ1v) is 8.92. The van der Waals surface area contributed by atoms with Crippen molar-refractivity contribution in [2.24, 2.45) is 0 Å². The summed E-state index contributed by atoms with van der Waals surface area (Å²) in [5, 5.41) is 7.57. The highest BCUT2D eigenvalue weighted by Crippen LogP contribution is 2.18. The van der Waals surface area contributed by atoms with Gasteiger partial charge in [0.25, 0.3) is 0 Å². The summed E-state index contributed by atoms with van der Waals surface area (Å²) in [6.45, 7) is 6.66. The standard InChI is InChI=1S/C19H30N2O2/c1-2-22-19(20)11-4-7-14-23-18-10-8-9-17(15-18)16-21-12-5-3-6-13-21/h8-10,15,20H,2-7,11-14,16H2,1H3. The summed E-state index contributed by atoms with van der Waals surface area (Å²) in [5.41, 5.74) is 1.34. The van der Waals surface area contributed by atoms with Gasteiger partial charge in [-0.1, -0.05) is 18.6 Å². The van der Waals surface area contributed by atoms with Crippen LogP contribution in [0.4, 0.5) is 0 Å². The fraction of sp³-hybridized carbons (Fsp3) is 0.632. The third kappa shape index (κ3) is 7.04. The summed E-state index contributed by atoms with van der Waals surface area (Å²) in [4.78, 5) is 2.53. The first-order chi connectivity index (χ1) is 11.3. The third-order valence-electron chi connectivity index (χ3n) is 4.14. The SMILES string of the molecule is CCOC(=N)CCCCOc1cccc(CN2CCCCC2)c1. The molecule has 1 aromatic carbocycles. The smallest absolute Gasteiger partial charge is 0.180 e. The van der Waals surface area contributed by atoms with Gasteiger partial charge in [-0.3, -0.25) is 10.3 Å². The molecule has 128 valence electrons. The molecule has 1 aliphatic rings. The minimum absolute atomic E-state index is 0.385. The molecule has 0 amide bonds. The normalized spacial score (nSPS) is 15.3. The third-order valence-corrected chi connectivity index (χ3v) is 4.14. The number of piperidine rings is 1. The Hall–Kier alpha value is -1.55. The van der Waals surface area contributed by atoms with Crippen molar-refractivity contribution < 1.29 is 9.47 Å². The van der Waals surface area contributed by atoms with Gasteiger partial charge < -0.3 is 9.47 Å². The Morgan fingerprint density at radius 1 is 1.17 bits per heavy atom. The summed E-state index contributed by atoms with van der Waals surface area (Å²) in [6.07, 6.45) is 6.62. The summed E-state index contributed by atoms with van der Waals surface area (Å²) in [7, 11) is 0. The molecule has 2 rings (SSSR count). The van der Waals surface area contributed by atoms with Crippen LogP contribution >= 0.6 is 0 Å². The second-order valence-electron chi connectivity index (χ2n) is 6.15. The molecular weight excluding hydrogens is 288 g/mol. The molecule has 4 heteroatoms. The van der Waals surface area contributed by atoms with Crippen LogP contribution in [0.3, 0.4) is 0 Å². The number of hydrogen-bond acceptors (Lipinski definition) is 4. The Bertz CT molecular complexity index is 470. The van der Waals surface area contributed by atoms with Crippen molar-refractivity contribution in [1.29, 1.82) is 5.41 Å². The van der Waals surface area contributed by atoms with Gasteiger partial charge in [0.1, 0.15) is 5.75 Å². The first kappa shape index (κ1) is 17.8. The van der Waals surface area contributed by atoms with E-state index >= 15 is 0 Å². The van der Waals surface area contributed by atoms with Crippen molar-refractivity contribution >= 4 is 5.90 Å². The second-order valence-corrected chi connectivity index (χ2v) is 6.15. The predicted molar refractivity (Wildman–Crippen MR) is 94.3 cm³/mol. The largest absolute Gasteiger partial charge is 0.494 e. The van der Waals surface area contributed by atoms with E-state index in [0.29, 0.717) is 25.5 Å². The Morgan fingerprint density at radius 2 is 2.00 bits per heavy atom. The van der Waals surface area contributed by atoms with Gasteiger partial charge in [0.05, 0.1) is 13.2 Å². The molecule has 0 atom stereocenters. The molecule has 1 aliphatic heterocycles. The Labute approximate surface area is 140 Å². The van der Waals surface area contributed by atoms with E-state index in [1.165, 1.54) is 37.9 Å². The number of unbranched alkanes of at least 4 members (excludes halogenated alkanes) is 1. The van der Waals surface area contributed by atoms with Crippen molar-refractivity contribution in [3.63, 3.8) is 0 Å². The number of ether oxygens (including phenoxy) is 2. The maximum absolute atomic E-state index is 7.57. The van der Waals surface area contributed by atoms with E-state index in [1.54, 1.807) is 0 Å². The van der Waals surface area contributed by atoms with Crippen LogP contribution in [-0.2, 0) is 11.3 Å². The zero-order valence-electron chi connectivity index (χ0n) is 14.4. The number of nitrogens with one attached hydrogen (secondary N) is 1. The van der Waals surface area contributed by atoms with E-state index in [9.17, 15) is 0 Å². The molecule has 1 fully saturated rings. The van der Waals surface area contributed by atoms with E-state index in [4.69, 9.17) is 14.9 Å². The quantitative estimate of drug-likeness (QED) is 0.421. The van der Waals surface area contributed by atoms with Crippen LogP contribution in [0.15, 0.2) is 24.3 Å². The molecule has 0 bridgehead atoms. The number of likely N-dealkylation sites (tertiary alicyclic amines) is 1. The van der Waals surface area contributed by atoms with Gasteiger partial charge in [-0.25, -0.2) is 0 Å². The monoisotopic (exact) mass is 318 g/mol. The van der Waals surface area contributed by atoms with E-state index in [1.807, 2.05) is 13.0 Å². The zero-order valence-corrected chi connectivity index (χ0v) is 14.4. The van der Waals surface area contributed by atoms with Gasteiger partial charge in [0, 0.05) is 13.0 Å². The fourth-order valence-corrected chi connectivity index (χ4v) is 2.93. The lowest BCUT2D eigenvalue weighted by Crippen LogP contribution is -2.29. The van der Waals surface area contributed by atoms with Crippen molar-refractivity contribution in [2.75, 3.05) is 26.3 Å². The topological polar surface area (TPSA) is 45.6 Å². The van der Waals surface area contributed by atoms with Gasteiger partial charge in [0.15, 0.2) is 5.90 Å². The average molecular weight is 318 g/mol. The summed E-state index contributed by atoms with van der Waals surface area (Å²) in [5.74, 6) is 1.34. The van der Waals surface area contributed by atoms with E-state index < -0.39 is 0 Å². The average Bonchev–Trinajstić information content (AvgIpc) is 2.56. The van der Waals surface area contributed by atoms with E-state index in [2.05, 4.69) is 23.1 Å². The van der Waals surface area contributed by atoms with Gasteiger partial charge in [0.2, 0.25) is 0 Å². The molecule has 4 nitrogen and oxygen atoms in total. The zero-order chi connectivity index (χ0) is 16.3. The molecule has 0 aliphatic carbocycles. The van der Waals surface area contributed by atoms with Crippen molar-refractivity contribution in [3.05, 3.63) is 29.8 Å². The molecule has 0 radical (unpaired) electrons. The molecule has 1 heterocycles. The molecule has 1 saturated heterocycles. The number of nitrogens with zero attached hydrogens (tertiary/aromatic N) is 1. The Morgan fingerprint density at radius 3 is 2.78 bits per heavy atom. The molecular formula is C19H30N2O2. The summed E-state index contributed by atoms with van der Waals surface area (Å²) in [6, 6.07) is 8.46. The molecule has 0 spiro atoms.